The van der Waals surface area contributed by atoms with Gasteiger partial charge in [0.1, 0.15) is 6.04 Å². The van der Waals surface area contributed by atoms with Crippen LogP contribution in [-0.4, -0.2) is 53.5 Å². The Morgan fingerprint density at radius 2 is 1.75 bits per heavy atom. The Morgan fingerprint density at radius 1 is 1.20 bits per heavy atom. The fraction of sp³-hybridized carbons (Fsp3) is 0.429. The molecule has 6 heteroatoms. The van der Waals surface area contributed by atoms with Crippen molar-refractivity contribution in [3.8, 4) is 0 Å². The average molecular weight is 301 g/mol. The molecule has 1 rings (SSSR count). The van der Waals surface area contributed by atoms with Crippen LogP contribution >= 0.6 is 12.4 Å². The third kappa shape index (κ3) is 5.59. The Labute approximate surface area is 125 Å². The molecule has 0 aliphatic rings. The monoisotopic (exact) mass is 300 g/mol. The summed E-state index contributed by atoms with van der Waals surface area (Å²) in [5, 5.41) is 8.87. The van der Waals surface area contributed by atoms with E-state index < -0.39 is 12.0 Å². The van der Waals surface area contributed by atoms with Crippen LogP contribution in [0.1, 0.15) is 12.5 Å². The Balaban J connectivity index is 0.00000361. The summed E-state index contributed by atoms with van der Waals surface area (Å²) >= 11 is 0. The van der Waals surface area contributed by atoms with Gasteiger partial charge < -0.3 is 10.0 Å². The lowest BCUT2D eigenvalue weighted by atomic mass is 10.2. The predicted molar refractivity (Wildman–Crippen MR) is 79.9 cm³/mol. The third-order valence-electron chi connectivity index (χ3n) is 3.09. The van der Waals surface area contributed by atoms with Gasteiger partial charge in [0, 0.05) is 13.6 Å². The maximum Gasteiger partial charge on any atom is 0.320 e. The molecule has 0 saturated heterocycles. The Morgan fingerprint density at radius 3 is 2.25 bits per heavy atom. The third-order valence-corrected chi connectivity index (χ3v) is 3.09. The number of hydrogen-bond donors (Lipinski definition) is 1. The minimum atomic E-state index is -0.930. The van der Waals surface area contributed by atoms with E-state index in [1.165, 1.54) is 4.90 Å². The van der Waals surface area contributed by atoms with Gasteiger partial charge in [-0.15, -0.1) is 12.4 Å². The van der Waals surface area contributed by atoms with Crippen LogP contribution in [0.25, 0.3) is 0 Å². The van der Waals surface area contributed by atoms with Crippen LogP contribution in [0.3, 0.4) is 0 Å². The second-order valence-electron chi connectivity index (χ2n) is 4.66. The molecule has 0 saturated carbocycles. The summed E-state index contributed by atoms with van der Waals surface area (Å²) in [6.45, 7) is 2.18. The molecular formula is C14H21ClN2O3. The number of hydrogen-bond acceptors (Lipinski definition) is 3. The molecule has 112 valence electrons. The molecule has 1 unspecified atom stereocenters. The van der Waals surface area contributed by atoms with Crippen molar-refractivity contribution in [3.63, 3.8) is 0 Å². The van der Waals surface area contributed by atoms with E-state index in [0.717, 1.165) is 5.56 Å². The highest BCUT2D eigenvalue weighted by molar-refractivity contribution is 5.85. The van der Waals surface area contributed by atoms with Crippen molar-refractivity contribution in [3.05, 3.63) is 35.9 Å². The smallest absolute Gasteiger partial charge is 0.320 e. The highest BCUT2D eigenvalue weighted by Crippen LogP contribution is 2.04. The maximum absolute atomic E-state index is 12.0. The molecule has 0 aliphatic carbocycles. The molecule has 1 N–H and O–H groups in total. The first-order chi connectivity index (χ1) is 8.91. The van der Waals surface area contributed by atoms with Crippen LogP contribution in [0, 0.1) is 0 Å². The van der Waals surface area contributed by atoms with E-state index in [2.05, 4.69) is 0 Å². The number of benzene rings is 1. The van der Waals surface area contributed by atoms with Crippen LogP contribution in [0.15, 0.2) is 30.3 Å². The summed E-state index contributed by atoms with van der Waals surface area (Å²) in [5.41, 5.74) is 1.05. The SMILES string of the molecule is CC(C(=O)O)N(C)CC(=O)N(C)Cc1ccccc1.Cl. The summed E-state index contributed by atoms with van der Waals surface area (Å²) in [5.74, 6) is -1.03. The standard InChI is InChI=1S/C14H20N2O3.ClH/c1-11(14(18)19)15(2)10-13(17)16(3)9-12-7-5-4-6-8-12;/h4-8,11H,9-10H2,1-3H3,(H,18,19);1H. The molecule has 20 heavy (non-hydrogen) atoms. The van der Waals surface area contributed by atoms with Gasteiger partial charge in [0.15, 0.2) is 0 Å². The lowest BCUT2D eigenvalue weighted by molar-refractivity contribution is -0.143. The Kier molecular flexibility index (Phi) is 7.87. The van der Waals surface area contributed by atoms with Crippen molar-refractivity contribution in [2.45, 2.75) is 19.5 Å². The highest BCUT2D eigenvalue weighted by atomic mass is 35.5. The van der Waals surface area contributed by atoms with Crippen LogP contribution in [-0.2, 0) is 16.1 Å². The van der Waals surface area contributed by atoms with Gasteiger partial charge in [0.05, 0.1) is 6.54 Å². The molecule has 0 fully saturated rings. The van der Waals surface area contributed by atoms with E-state index in [4.69, 9.17) is 5.11 Å². The van der Waals surface area contributed by atoms with E-state index in [0.29, 0.717) is 6.54 Å². The average Bonchev–Trinajstić information content (AvgIpc) is 2.38. The number of amides is 1. The summed E-state index contributed by atoms with van der Waals surface area (Å²) in [6, 6.07) is 9.00. The summed E-state index contributed by atoms with van der Waals surface area (Å²) in [7, 11) is 3.35. The minimum Gasteiger partial charge on any atom is -0.480 e. The van der Waals surface area contributed by atoms with Crippen molar-refractivity contribution in [1.82, 2.24) is 9.80 Å². The highest BCUT2D eigenvalue weighted by Gasteiger charge is 2.20. The van der Waals surface area contributed by atoms with Crippen molar-refractivity contribution in [1.29, 1.82) is 0 Å². The number of carbonyl (C=O) groups excluding carboxylic acids is 1. The number of likely N-dealkylation sites (N-methyl/N-ethyl adjacent to an activating group) is 2. The van der Waals surface area contributed by atoms with Crippen molar-refractivity contribution < 1.29 is 14.7 Å². The zero-order valence-electron chi connectivity index (χ0n) is 11.9. The summed E-state index contributed by atoms with van der Waals surface area (Å²) < 4.78 is 0. The summed E-state index contributed by atoms with van der Waals surface area (Å²) in [4.78, 5) is 25.9. The first-order valence-corrected chi connectivity index (χ1v) is 6.12. The van der Waals surface area contributed by atoms with Crippen molar-refractivity contribution >= 4 is 24.3 Å². The van der Waals surface area contributed by atoms with Gasteiger partial charge in [0.2, 0.25) is 5.91 Å². The number of halogens is 1. The number of aliphatic carboxylic acids is 1. The largest absolute Gasteiger partial charge is 0.480 e. The maximum atomic E-state index is 12.0. The molecule has 5 nitrogen and oxygen atoms in total. The number of rotatable bonds is 6. The molecule has 0 radical (unpaired) electrons. The molecule has 1 amide bonds. The predicted octanol–water partition coefficient (Wildman–Crippen LogP) is 1.47. The van der Waals surface area contributed by atoms with Crippen LogP contribution in [0.5, 0.6) is 0 Å². The second-order valence-corrected chi connectivity index (χ2v) is 4.66. The quantitative estimate of drug-likeness (QED) is 0.864. The normalized spacial score (nSPS) is 11.6. The number of carbonyl (C=O) groups is 2. The van der Waals surface area contributed by atoms with Gasteiger partial charge in [-0.25, -0.2) is 0 Å². The first kappa shape index (κ1) is 18.4. The van der Waals surface area contributed by atoms with Gasteiger partial charge in [-0.3, -0.25) is 14.5 Å². The number of carboxylic acid groups (broad SMARTS) is 1. The fourth-order valence-electron chi connectivity index (χ4n) is 1.60. The molecule has 0 bridgehead atoms. The summed E-state index contributed by atoms with van der Waals surface area (Å²) in [6.07, 6.45) is 0. The van der Waals surface area contributed by atoms with E-state index in [9.17, 15) is 9.59 Å². The zero-order valence-corrected chi connectivity index (χ0v) is 12.8. The number of carboxylic acids is 1. The van der Waals surface area contributed by atoms with E-state index >= 15 is 0 Å². The molecule has 0 heterocycles. The lowest BCUT2D eigenvalue weighted by Gasteiger charge is -2.24. The van der Waals surface area contributed by atoms with Gasteiger partial charge in [0.25, 0.3) is 0 Å². The lowest BCUT2D eigenvalue weighted by Crippen LogP contribution is -2.43. The van der Waals surface area contributed by atoms with Gasteiger partial charge in [-0.2, -0.15) is 0 Å². The molecule has 1 atom stereocenters. The Bertz CT molecular complexity index is 439. The fourth-order valence-corrected chi connectivity index (χ4v) is 1.60. The second kappa shape index (κ2) is 8.55. The van der Waals surface area contributed by atoms with Crippen molar-refractivity contribution in [2.24, 2.45) is 0 Å². The van der Waals surface area contributed by atoms with E-state index in [1.807, 2.05) is 30.3 Å². The van der Waals surface area contributed by atoms with Crippen LogP contribution < -0.4 is 0 Å². The van der Waals surface area contributed by atoms with Gasteiger partial charge in [-0.1, -0.05) is 30.3 Å². The van der Waals surface area contributed by atoms with Crippen LogP contribution in [0.4, 0.5) is 0 Å². The van der Waals surface area contributed by atoms with Gasteiger partial charge in [-0.05, 0) is 19.5 Å². The topological polar surface area (TPSA) is 60.9 Å². The molecule has 1 aromatic carbocycles. The molecule has 1 aromatic rings. The van der Waals surface area contributed by atoms with E-state index in [1.54, 1.807) is 25.9 Å². The van der Waals surface area contributed by atoms with Gasteiger partial charge >= 0.3 is 5.97 Å². The number of nitrogens with zero attached hydrogens (tertiary/aromatic N) is 2. The molecule has 0 spiro atoms. The first-order valence-electron chi connectivity index (χ1n) is 6.12. The zero-order chi connectivity index (χ0) is 14.4. The van der Waals surface area contributed by atoms with Crippen molar-refractivity contribution in [2.75, 3.05) is 20.6 Å². The van der Waals surface area contributed by atoms with E-state index in [-0.39, 0.29) is 24.9 Å². The molecule has 0 aromatic heterocycles. The molecular weight excluding hydrogens is 280 g/mol. The Hall–Kier alpha value is -1.59. The molecule has 0 aliphatic heterocycles. The minimum absolute atomic E-state index is 0. The van der Waals surface area contributed by atoms with Crippen LogP contribution in [0.2, 0.25) is 0 Å².